The monoisotopic (exact) mass is 392 g/mol. The number of ether oxygens (including phenoxy) is 1. The maximum absolute atomic E-state index is 11.6. The highest BCUT2D eigenvalue weighted by Gasteiger charge is 2.12. The van der Waals surface area contributed by atoms with Gasteiger partial charge in [-0.15, -0.1) is 0 Å². The first-order valence-electron chi connectivity index (χ1n) is 6.20. The number of hydrogen-bond acceptors (Lipinski definition) is 3. The molecule has 0 heterocycles. The number of benzene rings is 1. The minimum atomic E-state index is -1.07. The van der Waals surface area contributed by atoms with Crippen LogP contribution < -0.4 is 10.6 Å². The van der Waals surface area contributed by atoms with E-state index in [-0.39, 0.29) is 11.3 Å². The zero-order valence-corrected chi connectivity index (χ0v) is 13.3. The average molecular weight is 392 g/mol. The molecular formula is C13H17IN2O4. The third-order valence-electron chi connectivity index (χ3n) is 2.42. The zero-order chi connectivity index (χ0) is 15.0. The molecule has 0 spiro atoms. The molecule has 0 aliphatic heterocycles. The summed E-state index contributed by atoms with van der Waals surface area (Å²) in [7, 11) is 0. The predicted molar refractivity (Wildman–Crippen MR) is 84.2 cm³/mol. The lowest BCUT2D eigenvalue weighted by molar-refractivity contribution is 0.0698. The van der Waals surface area contributed by atoms with Crippen LogP contribution in [-0.4, -0.2) is 36.9 Å². The topological polar surface area (TPSA) is 87.7 Å². The van der Waals surface area contributed by atoms with Crippen molar-refractivity contribution in [3.63, 3.8) is 0 Å². The quantitative estimate of drug-likeness (QED) is 0.492. The Hall–Kier alpha value is -1.35. The summed E-state index contributed by atoms with van der Waals surface area (Å²) >= 11 is 2.02. The molecule has 0 aromatic heterocycles. The molecule has 0 atom stereocenters. The van der Waals surface area contributed by atoms with Crippen LogP contribution in [0.4, 0.5) is 10.5 Å². The second-order valence-electron chi connectivity index (χ2n) is 3.93. The van der Waals surface area contributed by atoms with Gasteiger partial charge in [0.2, 0.25) is 0 Å². The van der Waals surface area contributed by atoms with Gasteiger partial charge < -0.3 is 20.5 Å². The van der Waals surface area contributed by atoms with Gasteiger partial charge in [0.1, 0.15) is 0 Å². The van der Waals surface area contributed by atoms with E-state index in [1.165, 1.54) is 6.07 Å². The van der Waals surface area contributed by atoms with Crippen molar-refractivity contribution in [1.29, 1.82) is 0 Å². The summed E-state index contributed by atoms with van der Waals surface area (Å²) in [5, 5.41) is 14.3. The Balaban J connectivity index is 2.51. The molecule has 1 aromatic rings. The second kappa shape index (κ2) is 8.75. The number of rotatable bonds is 7. The van der Waals surface area contributed by atoms with Crippen LogP contribution in [0.2, 0.25) is 0 Å². The number of halogens is 1. The normalized spacial score (nSPS) is 10.1. The van der Waals surface area contributed by atoms with Crippen LogP contribution >= 0.6 is 22.6 Å². The maximum atomic E-state index is 11.6. The highest BCUT2D eigenvalue weighted by Crippen LogP contribution is 2.18. The summed E-state index contributed by atoms with van der Waals surface area (Å²) in [6.45, 7) is 3.61. The molecular weight excluding hydrogens is 375 g/mol. The SMILES string of the molecule is CCOCCCNC(=O)Nc1ccc(I)cc1C(=O)O. The molecule has 2 amide bonds. The van der Waals surface area contributed by atoms with Crippen molar-refractivity contribution in [1.82, 2.24) is 5.32 Å². The molecule has 0 fully saturated rings. The van der Waals surface area contributed by atoms with Crippen LogP contribution in [0.3, 0.4) is 0 Å². The van der Waals surface area contributed by atoms with Gasteiger partial charge >= 0.3 is 12.0 Å². The van der Waals surface area contributed by atoms with Crippen LogP contribution in [0, 0.1) is 3.57 Å². The molecule has 0 unspecified atom stereocenters. The molecule has 0 bridgehead atoms. The van der Waals surface area contributed by atoms with Gasteiger partial charge in [-0.1, -0.05) is 0 Å². The Morgan fingerprint density at radius 1 is 1.40 bits per heavy atom. The van der Waals surface area contributed by atoms with Crippen molar-refractivity contribution in [3.8, 4) is 0 Å². The van der Waals surface area contributed by atoms with E-state index in [9.17, 15) is 9.59 Å². The van der Waals surface area contributed by atoms with Crippen molar-refractivity contribution < 1.29 is 19.4 Å². The largest absolute Gasteiger partial charge is 0.478 e. The second-order valence-corrected chi connectivity index (χ2v) is 5.17. The fraction of sp³-hybridized carbons (Fsp3) is 0.385. The Labute approximate surface area is 131 Å². The smallest absolute Gasteiger partial charge is 0.337 e. The molecule has 0 aliphatic carbocycles. The van der Waals surface area contributed by atoms with Crippen molar-refractivity contribution in [2.24, 2.45) is 0 Å². The standard InChI is InChI=1S/C13H17IN2O4/c1-2-20-7-3-6-15-13(19)16-11-5-4-9(14)8-10(11)12(17)18/h4-5,8H,2-3,6-7H2,1H3,(H,17,18)(H2,15,16,19). The number of carboxylic acids is 1. The number of carboxylic acid groups (broad SMARTS) is 1. The number of carbonyl (C=O) groups is 2. The Kier molecular flexibility index (Phi) is 7.31. The number of hydrogen-bond donors (Lipinski definition) is 3. The first-order valence-corrected chi connectivity index (χ1v) is 7.28. The van der Waals surface area contributed by atoms with Crippen molar-refractivity contribution in [3.05, 3.63) is 27.3 Å². The molecule has 1 rings (SSSR count). The highest BCUT2D eigenvalue weighted by molar-refractivity contribution is 14.1. The van der Waals surface area contributed by atoms with E-state index in [0.717, 1.165) is 3.57 Å². The van der Waals surface area contributed by atoms with Gasteiger partial charge in [-0.25, -0.2) is 9.59 Å². The Morgan fingerprint density at radius 3 is 2.80 bits per heavy atom. The van der Waals surface area contributed by atoms with Crippen LogP contribution in [0.25, 0.3) is 0 Å². The molecule has 3 N–H and O–H groups in total. The van der Waals surface area contributed by atoms with Crippen LogP contribution in [0.15, 0.2) is 18.2 Å². The van der Waals surface area contributed by atoms with E-state index in [1.807, 2.05) is 29.5 Å². The molecule has 110 valence electrons. The van der Waals surface area contributed by atoms with Crippen molar-refractivity contribution in [2.75, 3.05) is 25.1 Å². The molecule has 0 saturated heterocycles. The summed E-state index contributed by atoms with van der Waals surface area (Å²) < 4.78 is 5.94. The van der Waals surface area contributed by atoms with E-state index < -0.39 is 12.0 Å². The van der Waals surface area contributed by atoms with E-state index in [0.29, 0.717) is 26.2 Å². The van der Waals surface area contributed by atoms with Crippen LogP contribution in [0.1, 0.15) is 23.7 Å². The molecule has 20 heavy (non-hydrogen) atoms. The summed E-state index contributed by atoms with van der Waals surface area (Å²) in [6, 6.07) is 4.39. The van der Waals surface area contributed by atoms with Crippen molar-refractivity contribution in [2.45, 2.75) is 13.3 Å². The van der Waals surface area contributed by atoms with E-state index in [1.54, 1.807) is 12.1 Å². The number of aromatic carboxylic acids is 1. The number of carbonyl (C=O) groups excluding carboxylic acids is 1. The Bertz CT molecular complexity index is 479. The van der Waals surface area contributed by atoms with E-state index in [2.05, 4.69) is 10.6 Å². The molecule has 1 aromatic carbocycles. The van der Waals surface area contributed by atoms with Gasteiger partial charge in [-0.3, -0.25) is 0 Å². The number of nitrogens with one attached hydrogen (secondary N) is 2. The number of anilines is 1. The molecule has 0 radical (unpaired) electrons. The van der Waals surface area contributed by atoms with Gasteiger partial charge in [0, 0.05) is 23.3 Å². The lowest BCUT2D eigenvalue weighted by atomic mass is 10.2. The maximum Gasteiger partial charge on any atom is 0.337 e. The first kappa shape index (κ1) is 16.7. The minimum Gasteiger partial charge on any atom is -0.478 e. The fourth-order valence-corrected chi connectivity index (χ4v) is 1.98. The predicted octanol–water partition coefficient (Wildman–Crippen LogP) is 2.54. The lowest BCUT2D eigenvalue weighted by Crippen LogP contribution is -2.30. The first-order chi connectivity index (χ1) is 9.54. The fourth-order valence-electron chi connectivity index (χ4n) is 1.49. The van der Waals surface area contributed by atoms with Gasteiger partial charge in [-0.05, 0) is 54.1 Å². The Morgan fingerprint density at radius 2 is 2.15 bits per heavy atom. The molecule has 0 saturated carbocycles. The minimum absolute atomic E-state index is 0.0707. The lowest BCUT2D eigenvalue weighted by Gasteiger charge is -2.10. The molecule has 7 heteroatoms. The molecule has 0 aliphatic rings. The van der Waals surface area contributed by atoms with Gasteiger partial charge in [-0.2, -0.15) is 0 Å². The summed E-state index contributed by atoms with van der Waals surface area (Å²) in [5.74, 6) is -1.07. The highest BCUT2D eigenvalue weighted by atomic mass is 127. The van der Waals surface area contributed by atoms with E-state index in [4.69, 9.17) is 9.84 Å². The zero-order valence-electron chi connectivity index (χ0n) is 11.1. The van der Waals surface area contributed by atoms with Gasteiger partial charge in [0.05, 0.1) is 11.3 Å². The third kappa shape index (κ3) is 5.74. The number of amides is 2. The number of urea groups is 1. The summed E-state index contributed by atoms with van der Waals surface area (Å²) in [6.07, 6.45) is 0.708. The average Bonchev–Trinajstić information content (AvgIpc) is 2.40. The van der Waals surface area contributed by atoms with Gasteiger partial charge in [0.15, 0.2) is 0 Å². The summed E-state index contributed by atoms with van der Waals surface area (Å²) in [4.78, 5) is 22.7. The van der Waals surface area contributed by atoms with Gasteiger partial charge in [0.25, 0.3) is 0 Å². The van der Waals surface area contributed by atoms with Crippen molar-refractivity contribution >= 4 is 40.3 Å². The summed E-state index contributed by atoms with van der Waals surface area (Å²) in [5.41, 5.74) is 0.349. The van der Waals surface area contributed by atoms with Crippen LogP contribution in [-0.2, 0) is 4.74 Å². The third-order valence-corrected chi connectivity index (χ3v) is 3.09. The van der Waals surface area contributed by atoms with Crippen LogP contribution in [0.5, 0.6) is 0 Å². The molecule has 6 nitrogen and oxygen atoms in total. The van der Waals surface area contributed by atoms with E-state index >= 15 is 0 Å².